The van der Waals surface area contributed by atoms with Gasteiger partial charge in [-0.2, -0.15) is 0 Å². The van der Waals surface area contributed by atoms with Crippen LogP contribution in [0, 0.1) is 0 Å². The minimum atomic E-state index is -1.83. The number of fused-ring (bicyclic) bond motifs is 3. The SMILES string of the molecule is CC(=O)O[C@@H]1[C@H](O[C@H]2[C@H](OCc3ccccc3)[C@@H](N3C(=O)c4ccccc4C3=O)[C@H](O[C@H]3[C@H](OCc4ccccc4)[C@@H](N4C(=O)c5ccccc5C4=O)[C@H](N=[N+]=[N-])O[C@@H]3COCc3ccccc3)O[C@@H]2COCc2ccccc2)O[C@@H]2COC(c3ccccc3)O[C@H]2[C@@H]1O. The van der Waals surface area contributed by atoms with Crippen LogP contribution in [-0.4, -0.2) is 156 Å². The molecule has 7 aromatic rings. The van der Waals surface area contributed by atoms with Crippen molar-refractivity contribution >= 4 is 29.6 Å². The number of imide groups is 2. The molecule has 4 amide bonds. The van der Waals surface area contributed by atoms with Crippen molar-refractivity contribution in [3.05, 3.63) is 261 Å². The summed E-state index contributed by atoms with van der Waals surface area (Å²) in [6.45, 7) is 0.120. The Labute approximate surface area is 540 Å². The third-order valence-corrected chi connectivity index (χ3v) is 17.3. The molecule has 13 rings (SSSR count). The van der Waals surface area contributed by atoms with Gasteiger partial charge in [-0.15, -0.1) is 0 Å². The Balaban J connectivity index is 0.954. The van der Waals surface area contributed by atoms with E-state index in [4.69, 9.17) is 56.8 Å². The fourth-order valence-electron chi connectivity index (χ4n) is 12.9. The maximum atomic E-state index is 15.5. The Kier molecular flexibility index (Phi) is 19.8. The molecule has 6 aliphatic heterocycles. The van der Waals surface area contributed by atoms with Gasteiger partial charge < -0.3 is 61.9 Å². The summed E-state index contributed by atoms with van der Waals surface area (Å²) in [5.74, 6) is -3.81. The molecule has 94 heavy (non-hydrogen) atoms. The lowest BCUT2D eigenvalue weighted by molar-refractivity contribution is -0.388. The summed E-state index contributed by atoms with van der Waals surface area (Å²) in [6, 6.07) is 55.1. The van der Waals surface area contributed by atoms with Gasteiger partial charge in [0.15, 0.2) is 31.2 Å². The minimum absolute atomic E-state index is 0.0293. The molecule has 4 saturated heterocycles. The van der Waals surface area contributed by atoms with Gasteiger partial charge in [-0.1, -0.05) is 181 Å². The molecule has 1 N–H and O–H groups in total. The summed E-state index contributed by atoms with van der Waals surface area (Å²) >= 11 is 0. The molecule has 0 bridgehead atoms. The van der Waals surface area contributed by atoms with E-state index in [2.05, 4.69) is 10.0 Å². The van der Waals surface area contributed by atoms with Crippen LogP contribution >= 0.6 is 0 Å². The molecular weight excluding hydrogens is 1210 g/mol. The van der Waals surface area contributed by atoms with Crippen molar-refractivity contribution in [1.29, 1.82) is 0 Å². The van der Waals surface area contributed by atoms with Gasteiger partial charge in [0.25, 0.3) is 23.6 Å². The number of aliphatic hydroxyl groups excluding tert-OH is 1. The number of carbonyl (C=O) groups excluding carboxylic acids is 5. The number of hydrogen-bond acceptors (Lipinski definition) is 19. The first-order chi connectivity index (χ1) is 46.0. The number of amides is 4. The van der Waals surface area contributed by atoms with Gasteiger partial charge in [-0.3, -0.25) is 33.8 Å². The van der Waals surface area contributed by atoms with E-state index in [0.29, 0.717) is 16.7 Å². The molecule has 0 saturated carbocycles. The molecule has 0 aliphatic carbocycles. The predicted molar refractivity (Wildman–Crippen MR) is 330 cm³/mol. The zero-order chi connectivity index (χ0) is 64.7. The van der Waals surface area contributed by atoms with Crippen molar-refractivity contribution < 1.29 is 85.9 Å². The lowest BCUT2D eigenvalue weighted by Gasteiger charge is -2.53. The van der Waals surface area contributed by atoms with Gasteiger partial charge in [0.05, 0.1) is 68.5 Å². The molecule has 6 heterocycles. The second kappa shape index (κ2) is 29.2. The summed E-state index contributed by atoms with van der Waals surface area (Å²) in [5.41, 5.74) is 14.1. The minimum Gasteiger partial charge on any atom is -0.454 e. The van der Waals surface area contributed by atoms with Crippen LogP contribution in [0.1, 0.15) is 82.5 Å². The number of azide groups is 1. The zero-order valence-corrected chi connectivity index (χ0v) is 50.9. The number of carbonyl (C=O) groups is 5. The monoisotopic (exact) mass is 1280 g/mol. The van der Waals surface area contributed by atoms with Crippen LogP contribution in [0.4, 0.5) is 0 Å². The molecule has 0 spiro atoms. The molecule has 0 radical (unpaired) electrons. The topological polar surface area (TPSA) is 272 Å². The predicted octanol–water partition coefficient (Wildman–Crippen LogP) is 8.58. The first-order valence-corrected chi connectivity index (χ1v) is 31.0. The number of benzene rings is 7. The van der Waals surface area contributed by atoms with Crippen molar-refractivity contribution in [2.75, 3.05) is 19.8 Å². The van der Waals surface area contributed by atoms with Gasteiger partial charge >= 0.3 is 5.97 Å². The molecule has 0 aromatic heterocycles. The molecule has 4 fully saturated rings. The molecule has 16 atom stereocenters. The van der Waals surface area contributed by atoms with Crippen molar-refractivity contribution in [1.82, 2.24) is 9.80 Å². The molecule has 7 aromatic carbocycles. The normalized spacial score (nSPS) is 28.9. The van der Waals surface area contributed by atoms with E-state index in [9.17, 15) is 25.0 Å². The van der Waals surface area contributed by atoms with Gasteiger partial charge in [-0.25, -0.2) is 0 Å². The van der Waals surface area contributed by atoms with E-state index in [1.54, 1.807) is 24.3 Å². The highest BCUT2D eigenvalue weighted by molar-refractivity contribution is 6.22. The second-order valence-electron chi connectivity index (χ2n) is 23.4. The number of hydrogen-bond donors (Lipinski definition) is 1. The average Bonchev–Trinajstić information content (AvgIpc) is 1.50. The largest absolute Gasteiger partial charge is 0.454 e. The van der Waals surface area contributed by atoms with E-state index in [0.717, 1.165) is 20.9 Å². The van der Waals surface area contributed by atoms with E-state index in [1.807, 2.05) is 152 Å². The molecule has 1 unspecified atom stereocenters. The first-order valence-electron chi connectivity index (χ1n) is 31.0. The summed E-state index contributed by atoms with van der Waals surface area (Å²) in [4.78, 5) is 79.1. The third-order valence-electron chi connectivity index (χ3n) is 17.3. The van der Waals surface area contributed by atoms with Crippen LogP contribution < -0.4 is 0 Å². The standard InChI is InChI=1S/C71H67N5O18/c1-42(77)88-63-57(78)58-54(41-87-69(92-58)47-29-15-6-16-30-47)91-71(63)94-60-53(40-84-36-44-23-9-3-10-24-44)90-70(56(62(60)86-38-46-27-13-5-14-28-46)76-67(81)50-33-19-20-34-51(50)68(76)82)93-59-52(39-83-35-43-21-7-2-8-22-43)89-64(73-74-72)55(61(59)85-37-45-25-11-4-12-26-45)75-65(79)48-31-17-18-32-49(48)66(75)80/h2-34,52-64,69-71,78H,35-41H2,1H3/t52-,53-,54-,55-,56-,57+,58-,59-,60-,61-,62-,63+,64-,69?,70+,71+/m1/s1. The number of ether oxygens (including phenoxy) is 12. The fraction of sp³-hybridized carbons (Fsp3) is 0.338. The lowest BCUT2D eigenvalue weighted by Crippen LogP contribution is -2.71. The van der Waals surface area contributed by atoms with E-state index >= 15 is 9.59 Å². The Hall–Kier alpha value is -8.88. The van der Waals surface area contributed by atoms with Gasteiger partial charge in [0.1, 0.15) is 67.0 Å². The quantitative estimate of drug-likeness (QED) is 0.0206. The highest BCUT2D eigenvalue weighted by Crippen LogP contribution is 2.43. The third kappa shape index (κ3) is 13.6. The van der Waals surface area contributed by atoms with Crippen molar-refractivity contribution in [3.63, 3.8) is 0 Å². The lowest BCUT2D eigenvalue weighted by atomic mass is 9.92. The van der Waals surface area contributed by atoms with Gasteiger partial charge in [-0.05, 0) is 52.1 Å². The van der Waals surface area contributed by atoms with Crippen molar-refractivity contribution in [2.24, 2.45) is 5.11 Å². The maximum absolute atomic E-state index is 15.5. The Morgan fingerprint density at radius 1 is 0.511 bits per heavy atom. The number of aliphatic hydroxyl groups is 1. The number of nitrogens with zero attached hydrogens (tertiary/aromatic N) is 5. The van der Waals surface area contributed by atoms with Gasteiger partial charge in [0.2, 0.25) is 0 Å². The van der Waals surface area contributed by atoms with Gasteiger partial charge in [0, 0.05) is 17.4 Å². The summed E-state index contributed by atoms with van der Waals surface area (Å²) in [6.07, 6.45) is -20.2. The van der Waals surface area contributed by atoms with Crippen LogP contribution in [0.15, 0.2) is 205 Å². The van der Waals surface area contributed by atoms with Crippen LogP contribution in [0.3, 0.4) is 0 Å². The molecule has 23 nitrogen and oxygen atoms in total. The first kappa shape index (κ1) is 63.9. The Morgan fingerprint density at radius 2 is 0.926 bits per heavy atom. The molecule has 23 heteroatoms. The average molecular weight is 1280 g/mol. The zero-order valence-electron chi connectivity index (χ0n) is 50.9. The fourth-order valence-corrected chi connectivity index (χ4v) is 12.9. The van der Waals surface area contributed by atoms with Crippen LogP contribution in [0.25, 0.3) is 10.4 Å². The van der Waals surface area contributed by atoms with Crippen LogP contribution in [0.5, 0.6) is 0 Å². The summed E-state index contributed by atoms with van der Waals surface area (Å²) in [7, 11) is 0. The highest BCUT2D eigenvalue weighted by atomic mass is 16.8. The van der Waals surface area contributed by atoms with Crippen molar-refractivity contribution in [3.8, 4) is 0 Å². The van der Waals surface area contributed by atoms with Crippen LogP contribution in [0.2, 0.25) is 0 Å². The smallest absolute Gasteiger partial charge is 0.303 e. The van der Waals surface area contributed by atoms with E-state index in [1.165, 1.54) is 31.2 Å². The Bertz CT molecular complexity index is 3770. The highest BCUT2D eigenvalue weighted by Gasteiger charge is 2.62. The maximum Gasteiger partial charge on any atom is 0.303 e. The second-order valence-corrected chi connectivity index (χ2v) is 23.4. The number of esters is 1. The van der Waals surface area contributed by atoms with Crippen LogP contribution in [-0.2, 0) is 88.1 Å². The van der Waals surface area contributed by atoms with Crippen molar-refractivity contribution in [2.45, 2.75) is 132 Å². The Morgan fingerprint density at radius 3 is 1.39 bits per heavy atom. The molecule has 6 aliphatic rings. The number of rotatable bonds is 23. The van der Waals surface area contributed by atoms with E-state index < -0.39 is 128 Å². The summed E-state index contributed by atoms with van der Waals surface area (Å²) in [5, 5.41) is 16.5. The molecular formula is C71H67N5O18. The molecule has 484 valence electrons. The summed E-state index contributed by atoms with van der Waals surface area (Å²) < 4.78 is 81.2. The van der Waals surface area contributed by atoms with E-state index in [-0.39, 0.29) is 68.5 Å².